The molecule has 0 aliphatic heterocycles. The van der Waals surface area contributed by atoms with Crippen molar-refractivity contribution in [2.24, 2.45) is 0 Å². The molecule has 0 aromatic heterocycles. The molecule has 0 unspecified atom stereocenters. The first kappa shape index (κ1) is 2.22. The van der Waals surface area contributed by atoms with Gasteiger partial charge in [-0.2, -0.15) is 0 Å². The molecule has 0 bridgehead atoms. The molecule has 32 valence electrons. The number of rotatable bonds is 2. The normalized spacial score (nSPS) is 20.2. The Balaban J connectivity index is 2.83. The highest BCUT2D eigenvalue weighted by molar-refractivity contribution is 4.24. The highest BCUT2D eigenvalue weighted by Gasteiger charge is 1.68. The minimum absolute atomic E-state index is 0.134. The Kier molecular flexibility index (Phi) is 1.78. The van der Waals surface area contributed by atoms with Crippen molar-refractivity contribution in [3.8, 4) is 0 Å². The molecule has 0 N–H and O–H groups in total. The van der Waals surface area contributed by atoms with Crippen molar-refractivity contribution in [3.63, 3.8) is 0 Å². The van der Waals surface area contributed by atoms with Gasteiger partial charge in [0, 0.05) is 2.74 Å². The van der Waals surface area contributed by atoms with Gasteiger partial charge in [0.2, 0.25) is 0 Å². The Labute approximate surface area is 37.0 Å². The van der Waals surface area contributed by atoms with Gasteiger partial charge in [-0.3, -0.25) is 0 Å². The van der Waals surface area contributed by atoms with Gasteiger partial charge in [-0.05, 0) is 0 Å². The van der Waals surface area contributed by atoms with Crippen molar-refractivity contribution < 1.29 is 2.74 Å². The zero-order valence-corrected chi connectivity index (χ0v) is 3.70. The van der Waals surface area contributed by atoms with Crippen LogP contribution in [-0.2, 0) is 0 Å². The maximum absolute atomic E-state index is 7.03. The third-order valence-corrected chi connectivity index (χ3v) is 0.493. The van der Waals surface area contributed by atoms with Gasteiger partial charge in [-0.15, -0.1) is 0 Å². The van der Waals surface area contributed by atoms with Crippen molar-refractivity contribution in [3.05, 3.63) is 0 Å². The Morgan fingerprint density at radius 2 is 2.80 bits per heavy atom. The monoisotopic (exact) mass is 74.1 g/mol. The zero-order chi connectivity index (χ0) is 5.70. The minimum atomic E-state index is -0.134. The topological polar surface area (TPSA) is 0 Å². The lowest BCUT2D eigenvalue weighted by Gasteiger charge is -1.79. The molecule has 0 rings (SSSR count). The summed E-state index contributed by atoms with van der Waals surface area (Å²) in [5.74, 6) is 0. The molecule has 0 aliphatic rings. The average Bonchev–Trinajstić information content (AvgIpc) is 1.68. The van der Waals surface area contributed by atoms with Crippen molar-refractivity contribution in [1.82, 2.24) is 0 Å². The van der Waals surface area contributed by atoms with Gasteiger partial charge >= 0.3 is 0 Å². The van der Waals surface area contributed by atoms with E-state index in [-0.39, 0.29) is 13.3 Å². The maximum atomic E-state index is 7.03. The van der Waals surface area contributed by atoms with Gasteiger partial charge < -0.3 is 0 Å². The van der Waals surface area contributed by atoms with Crippen LogP contribution in [0.4, 0.5) is 0 Å². The summed E-state index contributed by atoms with van der Waals surface area (Å²) in [6, 6.07) is 0. The van der Waals surface area contributed by atoms with E-state index in [0.29, 0.717) is 0 Å². The van der Waals surface area contributed by atoms with Crippen LogP contribution in [0.25, 0.3) is 0 Å². The van der Waals surface area contributed by atoms with Gasteiger partial charge in [0.1, 0.15) is 0 Å². The fourth-order valence-corrected chi connectivity index (χ4v) is 0.204. The second-order valence-electron chi connectivity index (χ2n) is 1.08. The molecule has 0 amide bonds. The molecule has 0 spiro atoms. The van der Waals surface area contributed by atoms with Gasteiger partial charge in [-0.25, -0.2) is 0 Å². The van der Waals surface area contributed by atoms with Crippen LogP contribution >= 0.6 is 0 Å². The van der Waals surface area contributed by atoms with Crippen LogP contribution < -0.4 is 0 Å². The molecule has 5 heavy (non-hydrogen) atoms. The van der Waals surface area contributed by atoms with Crippen LogP contribution in [0.2, 0.25) is 0 Å². The van der Waals surface area contributed by atoms with E-state index in [4.69, 9.17) is 2.74 Å². The molecular weight excluding hydrogens is 60.1 g/mol. The molecule has 0 radical (unpaired) electrons. The van der Waals surface area contributed by atoms with Crippen LogP contribution in [0.1, 0.15) is 35.8 Å². The fourth-order valence-electron chi connectivity index (χ4n) is 0.204. The van der Waals surface area contributed by atoms with E-state index in [1.807, 2.05) is 6.92 Å². The van der Waals surface area contributed by atoms with Crippen molar-refractivity contribution >= 4 is 0 Å². The van der Waals surface area contributed by atoms with Crippen LogP contribution in [0.3, 0.4) is 0 Å². The molecule has 0 heterocycles. The first-order valence-corrected chi connectivity index (χ1v) is 2.02. The number of hydrogen-bond acceptors (Lipinski definition) is 0. The minimum Gasteiger partial charge on any atom is -0.0654 e. The third-order valence-electron chi connectivity index (χ3n) is 0.493. The molecule has 0 aromatic rings. The van der Waals surface area contributed by atoms with Crippen molar-refractivity contribution in [2.45, 2.75) is 33.1 Å². The fraction of sp³-hybridized carbons (Fsp3) is 1.00. The standard InChI is InChI=1S/C5H12/c1-3-5-4-2/h3-5H2,1-2H3/i1D,3D/t3-/m1/s1. The summed E-state index contributed by atoms with van der Waals surface area (Å²) in [7, 11) is 0. The number of hydrogen-bond donors (Lipinski definition) is 0. The molecule has 0 fully saturated rings. The summed E-state index contributed by atoms with van der Waals surface area (Å²) in [6.45, 7) is 2.30. The Bertz CT molecular complexity index is 37.1. The molecular formula is C5H12. The Morgan fingerprint density at radius 3 is 3.00 bits per heavy atom. The van der Waals surface area contributed by atoms with Gasteiger partial charge in [0.05, 0.1) is 0 Å². The lowest BCUT2D eigenvalue weighted by atomic mass is 10.3. The second kappa shape index (κ2) is 4.00. The van der Waals surface area contributed by atoms with Crippen LogP contribution in [0.15, 0.2) is 0 Å². The summed E-state index contributed by atoms with van der Waals surface area (Å²) in [5, 5.41) is 0. The molecule has 0 nitrogen and oxygen atoms in total. The van der Waals surface area contributed by atoms with Crippen LogP contribution in [0, 0.1) is 0 Å². The summed E-state index contributed by atoms with van der Waals surface area (Å²) in [5.41, 5.74) is 0. The van der Waals surface area contributed by atoms with E-state index >= 15 is 0 Å². The van der Waals surface area contributed by atoms with Crippen molar-refractivity contribution in [1.29, 1.82) is 0 Å². The van der Waals surface area contributed by atoms with E-state index in [2.05, 4.69) is 0 Å². The smallest absolute Gasteiger partial charge is 0.0264 e. The van der Waals surface area contributed by atoms with E-state index in [0.717, 1.165) is 12.8 Å². The molecule has 0 aromatic carbocycles. The summed E-state index contributed by atoms with van der Waals surface area (Å²) in [6.07, 6.45) is 1.78. The van der Waals surface area contributed by atoms with E-state index in [1.54, 1.807) is 0 Å². The Morgan fingerprint density at radius 1 is 2.00 bits per heavy atom. The van der Waals surface area contributed by atoms with Crippen LogP contribution in [0.5, 0.6) is 0 Å². The first-order valence-electron chi connectivity index (χ1n) is 3.31. The maximum Gasteiger partial charge on any atom is 0.0264 e. The van der Waals surface area contributed by atoms with Crippen molar-refractivity contribution in [2.75, 3.05) is 0 Å². The average molecular weight is 74.2 g/mol. The van der Waals surface area contributed by atoms with E-state index in [9.17, 15) is 0 Å². The lowest BCUT2D eigenvalue weighted by molar-refractivity contribution is 0.772. The predicted molar refractivity (Wildman–Crippen MR) is 25.2 cm³/mol. The Hall–Kier alpha value is 0. The van der Waals surface area contributed by atoms with E-state index < -0.39 is 0 Å². The van der Waals surface area contributed by atoms with Gasteiger partial charge in [0.15, 0.2) is 0 Å². The van der Waals surface area contributed by atoms with Gasteiger partial charge in [0.25, 0.3) is 0 Å². The van der Waals surface area contributed by atoms with Gasteiger partial charge in [-0.1, -0.05) is 33.1 Å². The molecule has 0 saturated carbocycles. The summed E-state index contributed by atoms with van der Waals surface area (Å²) >= 11 is 0. The van der Waals surface area contributed by atoms with E-state index in [1.165, 1.54) is 0 Å². The molecule has 0 heteroatoms. The third kappa shape index (κ3) is 4.00. The van der Waals surface area contributed by atoms with Crippen LogP contribution in [-0.4, -0.2) is 0 Å². The first-order chi connectivity index (χ1) is 3.31. The quantitative estimate of drug-likeness (QED) is 0.471. The largest absolute Gasteiger partial charge is 0.0654 e. The molecule has 1 atom stereocenters. The predicted octanol–water partition coefficient (Wildman–Crippen LogP) is 2.20. The zero-order valence-electron chi connectivity index (χ0n) is 5.70. The summed E-state index contributed by atoms with van der Waals surface area (Å²) < 4.78 is 13.8. The lowest BCUT2D eigenvalue weighted by Crippen LogP contribution is -1.59. The second-order valence-corrected chi connectivity index (χ2v) is 1.08. The highest BCUT2D eigenvalue weighted by atomic mass is 13.7. The molecule has 0 aliphatic carbocycles. The SMILES string of the molecule is [2H]C[C@@H]([2H])CCC. The molecule has 0 saturated heterocycles. The highest BCUT2D eigenvalue weighted by Crippen LogP contribution is 1.88. The summed E-state index contributed by atoms with van der Waals surface area (Å²) in [4.78, 5) is 0.